The summed E-state index contributed by atoms with van der Waals surface area (Å²) < 4.78 is 11.2. The van der Waals surface area contributed by atoms with E-state index in [1.807, 2.05) is 12.1 Å². The molecule has 4 nitrogen and oxygen atoms in total. The molecule has 6 heteroatoms. The van der Waals surface area contributed by atoms with Crippen molar-refractivity contribution in [3.05, 3.63) is 45.1 Å². The standard InChI is InChI=1S/C15H15ClO4S/c1-19-11-5-3-4-9(14(11)20-2)8-10(15(17)18)12-6-7-13(16)21-12/h3-7,10H,8H2,1-2H3,(H,17,18). The van der Waals surface area contributed by atoms with Gasteiger partial charge >= 0.3 is 5.97 Å². The summed E-state index contributed by atoms with van der Waals surface area (Å²) in [5.41, 5.74) is 0.786. The van der Waals surface area contributed by atoms with E-state index in [-0.39, 0.29) is 0 Å². The van der Waals surface area contributed by atoms with E-state index in [9.17, 15) is 9.90 Å². The number of thiophene rings is 1. The zero-order chi connectivity index (χ0) is 15.4. The highest BCUT2D eigenvalue weighted by Gasteiger charge is 2.24. The molecule has 2 rings (SSSR count). The fraction of sp³-hybridized carbons (Fsp3) is 0.267. The van der Waals surface area contributed by atoms with Gasteiger partial charge in [-0.15, -0.1) is 11.3 Å². The van der Waals surface area contributed by atoms with E-state index < -0.39 is 11.9 Å². The van der Waals surface area contributed by atoms with Crippen molar-refractivity contribution < 1.29 is 19.4 Å². The van der Waals surface area contributed by atoms with Crippen molar-refractivity contribution in [1.82, 2.24) is 0 Å². The largest absolute Gasteiger partial charge is 0.493 e. The average Bonchev–Trinajstić information content (AvgIpc) is 2.89. The first-order valence-electron chi connectivity index (χ1n) is 6.24. The van der Waals surface area contributed by atoms with Crippen LogP contribution >= 0.6 is 22.9 Å². The summed E-state index contributed by atoms with van der Waals surface area (Å²) in [6.07, 6.45) is 0.312. The first kappa shape index (κ1) is 15.7. The van der Waals surface area contributed by atoms with Crippen LogP contribution in [0.3, 0.4) is 0 Å². The zero-order valence-electron chi connectivity index (χ0n) is 11.6. The van der Waals surface area contributed by atoms with E-state index in [0.717, 1.165) is 10.4 Å². The molecule has 21 heavy (non-hydrogen) atoms. The Morgan fingerprint density at radius 2 is 2.05 bits per heavy atom. The van der Waals surface area contributed by atoms with E-state index >= 15 is 0 Å². The molecule has 1 N–H and O–H groups in total. The van der Waals surface area contributed by atoms with Crippen LogP contribution in [0.2, 0.25) is 4.34 Å². The molecule has 1 heterocycles. The maximum Gasteiger partial charge on any atom is 0.312 e. The Kier molecular flexibility index (Phi) is 5.09. The predicted molar refractivity (Wildman–Crippen MR) is 83.0 cm³/mol. The number of carboxylic acid groups (broad SMARTS) is 1. The minimum absolute atomic E-state index is 0.312. The zero-order valence-corrected chi connectivity index (χ0v) is 13.2. The summed E-state index contributed by atoms with van der Waals surface area (Å²) in [7, 11) is 3.09. The molecule has 0 saturated carbocycles. The molecule has 0 amide bonds. The van der Waals surface area contributed by atoms with Gasteiger partial charge in [-0.05, 0) is 30.2 Å². The summed E-state index contributed by atoms with van der Waals surface area (Å²) in [5, 5.41) is 9.48. The van der Waals surface area contributed by atoms with Crippen molar-refractivity contribution in [3.63, 3.8) is 0 Å². The number of hydrogen-bond acceptors (Lipinski definition) is 4. The van der Waals surface area contributed by atoms with Gasteiger partial charge in [0.15, 0.2) is 11.5 Å². The van der Waals surface area contributed by atoms with Gasteiger partial charge in [0.2, 0.25) is 0 Å². The monoisotopic (exact) mass is 326 g/mol. The molecule has 0 aliphatic rings. The number of carbonyl (C=O) groups is 1. The SMILES string of the molecule is COc1cccc(CC(C(=O)O)c2ccc(Cl)s2)c1OC. The Hall–Kier alpha value is -1.72. The normalized spacial score (nSPS) is 12.0. The number of halogens is 1. The number of rotatable bonds is 6. The lowest BCUT2D eigenvalue weighted by Crippen LogP contribution is -2.13. The van der Waals surface area contributed by atoms with Crippen LogP contribution < -0.4 is 9.47 Å². The molecule has 112 valence electrons. The summed E-state index contributed by atoms with van der Waals surface area (Å²) in [5.74, 6) is -0.404. The van der Waals surface area contributed by atoms with Crippen LogP contribution in [0.5, 0.6) is 11.5 Å². The second-order valence-corrected chi connectivity index (χ2v) is 6.14. The lowest BCUT2D eigenvalue weighted by atomic mass is 9.97. The van der Waals surface area contributed by atoms with E-state index in [2.05, 4.69) is 0 Å². The fourth-order valence-electron chi connectivity index (χ4n) is 2.16. The maximum atomic E-state index is 11.6. The molecular weight excluding hydrogens is 312 g/mol. The van der Waals surface area contributed by atoms with Gasteiger partial charge in [0, 0.05) is 4.88 Å². The molecule has 0 saturated heterocycles. The average molecular weight is 327 g/mol. The number of para-hydroxylation sites is 1. The predicted octanol–water partition coefficient (Wildman–Crippen LogP) is 3.83. The Labute approximate surface area is 131 Å². The Balaban J connectivity index is 2.36. The summed E-state index contributed by atoms with van der Waals surface area (Å²) >= 11 is 7.18. The van der Waals surface area contributed by atoms with Gasteiger partial charge in [-0.25, -0.2) is 0 Å². The number of hydrogen-bond donors (Lipinski definition) is 1. The van der Waals surface area contributed by atoms with Crippen molar-refractivity contribution in [2.45, 2.75) is 12.3 Å². The van der Waals surface area contributed by atoms with E-state index in [0.29, 0.717) is 22.3 Å². The Morgan fingerprint density at radius 1 is 1.29 bits per heavy atom. The van der Waals surface area contributed by atoms with Gasteiger partial charge in [0.05, 0.1) is 24.5 Å². The van der Waals surface area contributed by atoms with Crippen molar-refractivity contribution in [3.8, 4) is 11.5 Å². The second-order valence-electron chi connectivity index (χ2n) is 4.39. The molecule has 1 aromatic heterocycles. The number of carboxylic acids is 1. The molecule has 0 bridgehead atoms. The van der Waals surface area contributed by atoms with Gasteiger partial charge < -0.3 is 14.6 Å². The lowest BCUT2D eigenvalue weighted by Gasteiger charge is -2.15. The molecule has 1 aromatic carbocycles. The highest BCUT2D eigenvalue weighted by atomic mass is 35.5. The van der Waals surface area contributed by atoms with Gasteiger partial charge in [0.25, 0.3) is 0 Å². The minimum atomic E-state index is -0.890. The van der Waals surface area contributed by atoms with Gasteiger partial charge in [-0.3, -0.25) is 4.79 Å². The third-order valence-electron chi connectivity index (χ3n) is 3.14. The van der Waals surface area contributed by atoms with Crippen LogP contribution in [0.25, 0.3) is 0 Å². The van der Waals surface area contributed by atoms with Crippen LogP contribution in [0, 0.1) is 0 Å². The Morgan fingerprint density at radius 3 is 2.57 bits per heavy atom. The third kappa shape index (κ3) is 3.49. The topological polar surface area (TPSA) is 55.8 Å². The van der Waals surface area contributed by atoms with Crippen LogP contribution in [-0.2, 0) is 11.2 Å². The first-order chi connectivity index (χ1) is 10.1. The molecule has 0 fully saturated rings. The highest BCUT2D eigenvalue weighted by Crippen LogP contribution is 2.36. The smallest absolute Gasteiger partial charge is 0.312 e. The molecule has 1 unspecified atom stereocenters. The first-order valence-corrected chi connectivity index (χ1v) is 7.44. The second kappa shape index (κ2) is 6.83. The lowest BCUT2D eigenvalue weighted by molar-refractivity contribution is -0.138. The van der Waals surface area contributed by atoms with E-state index in [4.69, 9.17) is 21.1 Å². The van der Waals surface area contributed by atoms with Gasteiger partial charge in [0.1, 0.15) is 0 Å². The van der Waals surface area contributed by atoms with Crippen molar-refractivity contribution in [2.24, 2.45) is 0 Å². The van der Waals surface area contributed by atoms with Crippen LogP contribution in [0.1, 0.15) is 16.4 Å². The van der Waals surface area contributed by atoms with Gasteiger partial charge in [-0.2, -0.15) is 0 Å². The summed E-state index contributed by atoms with van der Waals surface area (Å²) in [6, 6.07) is 8.89. The number of methoxy groups -OCH3 is 2. The Bertz CT molecular complexity index is 638. The molecule has 1 atom stereocenters. The number of benzene rings is 1. The summed E-state index contributed by atoms with van der Waals surface area (Å²) in [6.45, 7) is 0. The third-order valence-corrected chi connectivity index (χ3v) is 4.49. The van der Waals surface area contributed by atoms with E-state index in [1.54, 1.807) is 32.4 Å². The fourth-order valence-corrected chi connectivity index (χ4v) is 3.31. The molecule has 2 aromatic rings. The van der Waals surface area contributed by atoms with Crippen molar-refractivity contribution in [1.29, 1.82) is 0 Å². The van der Waals surface area contributed by atoms with Crippen molar-refractivity contribution in [2.75, 3.05) is 14.2 Å². The number of aliphatic carboxylic acids is 1. The van der Waals surface area contributed by atoms with Crippen LogP contribution in [0.15, 0.2) is 30.3 Å². The molecule has 0 aliphatic heterocycles. The van der Waals surface area contributed by atoms with Crippen molar-refractivity contribution >= 4 is 28.9 Å². The molecule has 0 aliphatic carbocycles. The molecule has 0 radical (unpaired) electrons. The number of ether oxygens (including phenoxy) is 2. The molecule has 0 spiro atoms. The highest BCUT2D eigenvalue weighted by molar-refractivity contribution is 7.16. The van der Waals surface area contributed by atoms with Gasteiger partial charge in [-0.1, -0.05) is 23.7 Å². The minimum Gasteiger partial charge on any atom is -0.493 e. The maximum absolute atomic E-state index is 11.6. The van der Waals surface area contributed by atoms with E-state index in [1.165, 1.54) is 11.3 Å². The molecular formula is C15H15ClO4S. The van der Waals surface area contributed by atoms with Crippen LogP contribution in [-0.4, -0.2) is 25.3 Å². The quantitative estimate of drug-likeness (QED) is 0.876. The van der Waals surface area contributed by atoms with Crippen LogP contribution in [0.4, 0.5) is 0 Å². The summed E-state index contributed by atoms with van der Waals surface area (Å²) in [4.78, 5) is 12.3.